The lowest BCUT2D eigenvalue weighted by atomic mass is 9.80. The van der Waals surface area contributed by atoms with Crippen LogP contribution in [0.1, 0.15) is 38.9 Å². The first-order chi connectivity index (χ1) is 7.83. The fourth-order valence-electron chi connectivity index (χ4n) is 1.52. The van der Waals surface area contributed by atoms with Gasteiger partial charge >= 0.3 is 0 Å². The first kappa shape index (κ1) is 13.9. The van der Waals surface area contributed by atoms with Crippen molar-refractivity contribution in [2.45, 2.75) is 33.3 Å². The van der Waals surface area contributed by atoms with Gasteiger partial charge < -0.3 is 9.84 Å². The highest BCUT2D eigenvalue weighted by atomic mass is 19.1. The molecule has 1 aromatic rings. The van der Waals surface area contributed by atoms with E-state index < -0.39 is 23.2 Å². The van der Waals surface area contributed by atoms with Crippen molar-refractivity contribution in [3.63, 3.8) is 0 Å². The van der Waals surface area contributed by atoms with Gasteiger partial charge in [0.15, 0.2) is 0 Å². The molecule has 0 aliphatic carbocycles. The Labute approximate surface area is 100 Å². The fourth-order valence-corrected chi connectivity index (χ4v) is 1.52. The van der Waals surface area contributed by atoms with E-state index in [2.05, 4.69) is 0 Å². The molecule has 0 heterocycles. The van der Waals surface area contributed by atoms with Gasteiger partial charge in [0.25, 0.3) is 0 Å². The largest absolute Gasteiger partial charge is 0.497 e. The number of hydrogen-bond acceptors (Lipinski definition) is 2. The number of hydrogen-bond donors (Lipinski definition) is 1. The molecule has 0 saturated heterocycles. The van der Waals surface area contributed by atoms with E-state index in [1.165, 1.54) is 7.11 Å². The highest BCUT2D eigenvalue weighted by Crippen LogP contribution is 2.39. The molecular weight excluding hydrogens is 226 g/mol. The molecule has 0 radical (unpaired) electrons. The van der Waals surface area contributed by atoms with E-state index >= 15 is 0 Å². The molecule has 96 valence electrons. The maximum Gasteiger partial charge on any atom is 0.135 e. The molecular formula is C13H18F2O2. The lowest BCUT2D eigenvalue weighted by Crippen LogP contribution is -2.23. The van der Waals surface area contributed by atoms with E-state index in [9.17, 15) is 13.9 Å². The van der Waals surface area contributed by atoms with Gasteiger partial charge in [-0.1, -0.05) is 20.8 Å². The zero-order chi connectivity index (χ0) is 13.2. The Balaban J connectivity index is 3.23. The van der Waals surface area contributed by atoms with Crippen LogP contribution in [0.25, 0.3) is 0 Å². The first-order valence-electron chi connectivity index (χ1n) is 5.54. The van der Waals surface area contributed by atoms with Crippen molar-refractivity contribution in [1.29, 1.82) is 0 Å². The minimum absolute atomic E-state index is 0.102. The molecule has 0 aliphatic rings. The van der Waals surface area contributed by atoms with E-state index in [0.29, 0.717) is 6.42 Å². The van der Waals surface area contributed by atoms with Gasteiger partial charge in [-0.05, 0) is 11.8 Å². The van der Waals surface area contributed by atoms with Crippen molar-refractivity contribution in [3.05, 3.63) is 29.3 Å². The zero-order valence-electron chi connectivity index (χ0n) is 10.6. The van der Waals surface area contributed by atoms with Crippen molar-refractivity contribution in [3.8, 4) is 5.75 Å². The highest BCUT2D eigenvalue weighted by Gasteiger charge is 2.32. The molecule has 1 rings (SSSR count). The van der Waals surface area contributed by atoms with E-state index in [0.717, 1.165) is 12.1 Å². The van der Waals surface area contributed by atoms with Gasteiger partial charge in [-0.3, -0.25) is 0 Å². The van der Waals surface area contributed by atoms with Gasteiger partial charge in [-0.25, -0.2) is 8.78 Å². The predicted octanol–water partition coefficient (Wildman–Crippen LogP) is 3.44. The maximum atomic E-state index is 13.7. The number of methoxy groups -OCH3 is 1. The lowest BCUT2D eigenvalue weighted by molar-refractivity contribution is 0.0404. The fraction of sp³-hybridized carbons (Fsp3) is 0.538. The van der Waals surface area contributed by atoms with Crippen LogP contribution in [0, 0.1) is 17.0 Å². The van der Waals surface area contributed by atoms with E-state index in [4.69, 9.17) is 4.74 Å². The van der Waals surface area contributed by atoms with Crippen LogP contribution in [0.15, 0.2) is 12.1 Å². The Hall–Kier alpha value is -1.16. The second-order valence-electron chi connectivity index (χ2n) is 4.75. The van der Waals surface area contributed by atoms with Crippen LogP contribution in [0.4, 0.5) is 8.78 Å². The SMILES string of the molecule is CCC(C)(C)C(O)c1c(F)cc(OC)cc1F. The highest BCUT2D eigenvalue weighted by molar-refractivity contribution is 5.32. The Morgan fingerprint density at radius 3 is 2.12 bits per heavy atom. The third-order valence-corrected chi connectivity index (χ3v) is 3.21. The summed E-state index contributed by atoms with van der Waals surface area (Å²) in [7, 11) is 1.33. The van der Waals surface area contributed by atoms with Crippen molar-refractivity contribution in [1.82, 2.24) is 0 Å². The monoisotopic (exact) mass is 244 g/mol. The number of halogens is 2. The van der Waals surface area contributed by atoms with Crippen LogP contribution >= 0.6 is 0 Å². The second kappa shape index (κ2) is 5.00. The van der Waals surface area contributed by atoms with Crippen molar-refractivity contribution >= 4 is 0 Å². The van der Waals surface area contributed by atoms with E-state index in [1.54, 1.807) is 13.8 Å². The molecule has 2 nitrogen and oxygen atoms in total. The van der Waals surface area contributed by atoms with Gasteiger partial charge in [-0.15, -0.1) is 0 Å². The summed E-state index contributed by atoms with van der Waals surface area (Å²) in [6.07, 6.45) is -0.572. The van der Waals surface area contributed by atoms with Crippen LogP contribution in [0.3, 0.4) is 0 Å². The molecule has 0 bridgehead atoms. The molecule has 0 spiro atoms. The van der Waals surface area contributed by atoms with Gasteiger partial charge in [0.2, 0.25) is 0 Å². The Bertz CT molecular complexity index is 379. The summed E-state index contributed by atoms with van der Waals surface area (Å²) in [5, 5.41) is 10.1. The summed E-state index contributed by atoms with van der Waals surface area (Å²) in [4.78, 5) is 0. The third-order valence-electron chi connectivity index (χ3n) is 3.21. The summed E-state index contributed by atoms with van der Waals surface area (Å²) in [5.41, 5.74) is -0.881. The molecule has 0 fully saturated rings. The number of aliphatic hydroxyl groups is 1. The maximum absolute atomic E-state index is 13.7. The molecule has 1 aromatic carbocycles. The van der Waals surface area contributed by atoms with Gasteiger partial charge in [-0.2, -0.15) is 0 Å². The average molecular weight is 244 g/mol. The summed E-state index contributed by atoms with van der Waals surface area (Å²) in [6.45, 7) is 5.39. The lowest BCUT2D eigenvalue weighted by Gasteiger charge is -2.30. The summed E-state index contributed by atoms with van der Waals surface area (Å²) >= 11 is 0. The third kappa shape index (κ3) is 2.75. The van der Waals surface area contributed by atoms with Crippen molar-refractivity contribution in [2.24, 2.45) is 5.41 Å². The normalized spacial score (nSPS) is 13.6. The number of rotatable bonds is 4. The van der Waals surface area contributed by atoms with Crippen LogP contribution < -0.4 is 4.74 Å². The Morgan fingerprint density at radius 1 is 1.29 bits per heavy atom. The quantitative estimate of drug-likeness (QED) is 0.879. The summed E-state index contributed by atoms with van der Waals surface area (Å²) in [6, 6.07) is 2.15. The number of ether oxygens (including phenoxy) is 1. The topological polar surface area (TPSA) is 29.5 Å². The Kier molecular flexibility index (Phi) is 4.09. The summed E-state index contributed by atoms with van der Waals surface area (Å²) < 4.78 is 32.2. The van der Waals surface area contributed by atoms with E-state index in [1.807, 2.05) is 6.92 Å². The zero-order valence-corrected chi connectivity index (χ0v) is 10.6. The van der Waals surface area contributed by atoms with Crippen LogP contribution in [0.5, 0.6) is 5.75 Å². The summed E-state index contributed by atoms with van der Waals surface area (Å²) in [5.74, 6) is -1.46. The molecule has 0 aliphatic heterocycles. The minimum Gasteiger partial charge on any atom is -0.497 e. The van der Waals surface area contributed by atoms with Gasteiger partial charge in [0, 0.05) is 12.1 Å². The van der Waals surface area contributed by atoms with Crippen LogP contribution in [-0.2, 0) is 0 Å². The van der Waals surface area contributed by atoms with E-state index in [-0.39, 0.29) is 11.3 Å². The molecule has 0 aromatic heterocycles. The number of aliphatic hydroxyl groups excluding tert-OH is 1. The molecule has 0 saturated carbocycles. The minimum atomic E-state index is -1.18. The first-order valence-corrected chi connectivity index (χ1v) is 5.54. The van der Waals surface area contributed by atoms with Gasteiger partial charge in [0.05, 0.1) is 18.8 Å². The molecule has 1 unspecified atom stereocenters. The average Bonchev–Trinajstić information content (AvgIpc) is 2.27. The van der Waals surface area contributed by atoms with Crippen LogP contribution in [-0.4, -0.2) is 12.2 Å². The predicted molar refractivity (Wildman–Crippen MR) is 61.9 cm³/mol. The van der Waals surface area contributed by atoms with Gasteiger partial charge in [0.1, 0.15) is 17.4 Å². The van der Waals surface area contributed by atoms with Crippen LogP contribution in [0.2, 0.25) is 0 Å². The standard InChI is InChI=1S/C13H18F2O2/c1-5-13(2,3)12(16)11-9(14)6-8(17-4)7-10(11)15/h6-7,12,16H,5H2,1-4H3. The molecule has 4 heteroatoms. The van der Waals surface area contributed by atoms with Crippen molar-refractivity contribution in [2.75, 3.05) is 7.11 Å². The molecule has 1 atom stereocenters. The smallest absolute Gasteiger partial charge is 0.135 e. The van der Waals surface area contributed by atoms with Crippen molar-refractivity contribution < 1.29 is 18.6 Å². The second-order valence-corrected chi connectivity index (χ2v) is 4.75. The molecule has 0 amide bonds. The molecule has 17 heavy (non-hydrogen) atoms. The molecule has 1 N–H and O–H groups in total. The number of benzene rings is 1. The Morgan fingerprint density at radius 2 is 1.76 bits per heavy atom.